The molecule has 0 N–H and O–H groups in total. The van der Waals surface area contributed by atoms with Crippen LogP contribution in [0.25, 0.3) is 0 Å². The first-order chi connectivity index (χ1) is 1.73. The van der Waals surface area contributed by atoms with Crippen molar-refractivity contribution in [1.29, 1.82) is 0 Å². The van der Waals surface area contributed by atoms with Crippen LogP contribution in [0.5, 0.6) is 0 Å². The zero-order chi connectivity index (χ0) is 3.58. The van der Waals surface area contributed by atoms with E-state index < -0.39 is 0 Å². The van der Waals surface area contributed by atoms with Gasteiger partial charge in [-0.2, -0.15) is 0 Å². The molecule has 0 aromatic rings. The van der Waals surface area contributed by atoms with Crippen LogP contribution in [-0.2, 0) is 0 Å². The number of hydrogen-bond acceptors (Lipinski definition) is 2. The van der Waals surface area contributed by atoms with Gasteiger partial charge in [-0.1, -0.05) is 0 Å². The zero-order valence-electron chi connectivity index (χ0n) is 4.11. The van der Waals surface area contributed by atoms with Crippen molar-refractivity contribution in [3.05, 3.63) is 10.1 Å². The Hall–Kier alpha value is -0.202. The summed E-state index contributed by atoms with van der Waals surface area (Å²) in [5.74, 6) is 0. The van der Waals surface area contributed by atoms with Crippen LogP contribution in [0.3, 0.4) is 0 Å². The molecule has 0 fully saturated rings. The van der Waals surface area contributed by atoms with Crippen molar-refractivity contribution in [2.75, 3.05) is 0 Å². The van der Waals surface area contributed by atoms with Gasteiger partial charge in [0.25, 0.3) is 0 Å². The molecule has 0 spiro atoms. The minimum absolute atomic E-state index is 0. The van der Waals surface area contributed by atoms with E-state index in [9.17, 15) is 0 Å². The van der Waals surface area contributed by atoms with Gasteiger partial charge >= 0.3 is 36.5 Å². The van der Waals surface area contributed by atoms with Crippen LogP contribution >= 0.6 is 0 Å². The van der Waals surface area contributed by atoms with Crippen molar-refractivity contribution in [3.63, 3.8) is 0 Å². The number of hydrogen-bond donors (Lipinski definition) is 0. The molecule has 0 atom stereocenters. The Morgan fingerprint density at radius 2 is 0.900 bits per heavy atom. The predicted octanol–water partition coefficient (Wildman–Crippen LogP) is -19.2. The molecule has 0 aliphatic heterocycles. The van der Waals surface area contributed by atoms with E-state index in [-0.39, 0.29) is 54.6 Å². The summed E-state index contributed by atoms with van der Waals surface area (Å²) in [6, 6.07) is 0. The average molecular weight is 284 g/mol. The SMILES string of the molecule is O=[N+]([O-])[SbH2].[F-].[F-].[F-].[F-].[F-].[F-]. The van der Waals surface area contributed by atoms with Crippen LogP contribution in [0.4, 0.5) is 0 Å². The van der Waals surface area contributed by atoms with Gasteiger partial charge in [0.2, 0.25) is 0 Å². The van der Waals surface area contributed by atoms with Gasteiger partial charge in [-0.15, -0.1) is 0 Å². The molecule has 0 saturated carbocycles. The fourth-order valence-corrected chi connectivity index (χ4v) is 0. The summed E-state index contributed by atoms with van der Waals surface area (Å²) >= 11 is 0.123. The monoisotopic (exact) mass is 283 g/mol. The standard InChI is InChI=1S/6FH.NO2.Sb.2H/c;;;;;;2-1-3;;;/h6*1H;;;;/p-6. The third-order valence-corrected chi connectivity index (χ3v) is 0. The number of halogens is 6. The Morgan fingerprint density at radius 3 is 0.900 bits per heavy atom. The van der Waals surface area contributed by atoms with E-state index in [0.29, 0.717) is 0 Å². The number of nitro groups is 1. The second-order valence-corrected chi connectivity index (χ2v) is 1.49. The van der Waals surface area contributed by atoms with E-state index in [2.05, 4.69) is 0 Å². The molecular weight excluding hydrogens is 282 g/mol. The Balaban J connectivity index is -0.00000000300. The maximum absolute atomic E-state index is 8.86. The summed E-state index contributed by atoms with van der Waals surface area (Å²) < 4.78 is -0.370. The Morgan fingerprint density at radius 1 is 0.900 bits per heavy atom. The van der Waals surface area contributed by atoms with Crippen LogP contribution in [-0.4, -0.2) is 26.4 Å². The second kappa shape index (κ2) is 68.3. The van der Waals surface area contributed by atoms with E-state index in [0.717, 1.165) is 0 Å². The van der Waals surface area contributed by atoms with Crippen LogP contribution in [0.2, 0.25) is 0 Å². The van der Waals surface area contributed by atoms with Gasteiger partial charge in [0.05, 0.1) is 0 Å². The summed E-state index contributed by atoms with van der Waals surface area (Å²) in [6.45, 7) is 0. The molecule has 10 heavy (non-hydrogen) atoms. The smallest absolute Gasteiger partial charge is 1.00 e. The molecule has 0 aromatic heterocycles. The Labute approximate surface area is 65.4 Å². The van der Waals surface area contributed by atoms with E-state index in [1.54, 1.807) is 0 Å². The van der Waals surface area contributed by atoms with Crippen LogP contribution in [0.15, 0.2) is 0 Å². The van der Waals surface area contributed by atoms with Crippen molar-refractivity contribution in [3.8, 4) is 0 Å². The Bertz CT molecular complexity index is 38.7. The third-order valence-electron chi connectivity index (χ3n) is 0. The van der Waals surface area contributed by atoms with E-state index >= 15 is 0 Å². The number of rotatable bonds is 0. The van der Waals surface area contributed by atoms with E-state index in [1.807, 2.05) is 0 Å². The fraction of sp³-hybridized carbons (Fsp3) is 0. The van der Waals surface area contributed by atoms with Gasteiger partial charge in [-0.3, -0.25) is 0 Å². The first-order valence-electron chi connectivity index (χ1n) is 0.623. The normalized spacial score (nSPS) is 2.50. The summed E-state index contributed by atoms with van der Waals surface area (Å²) in [5, 5.41) is 8.86. The molecule has 3 nitrogen and oxygen atoms in total. The first-order valence-corrected chi connectivity index (χ1v) is 2.10. The van der Waals surface area contributed by atoms with Crippen molar-refractivity contribution in [2.24, 2.45) is 0 Å². The molecule has 0 radical (unpaired) electrons. The molecule has 0 aliphatic rings. The quantitative estimate of drug-likeness (QED) is 0.192. The summed E-state index contributed by atoms with van der Waals surface area (Å²) in [4.78, 5) is 8.86. The summed E-state index contributed by atoms with van der Waals surface area (Å²) in [5.41, 5.74) is 0. The molecule has 0 saturated heterocycles. The molecule has 0 aromatic carbocycles. The molecule has 72 valence electrons. The molecule has 0 heterocycles. The topological polar surface area (TPSA) is 43.1 Å². The van der Waals surface area contributed by atoms with Crippen molar-refractivity contribution in [2.45, 2.75) is 0 Å². The van der Waals surface area contributed by atoms with Gasteiger partial charge in [0.1, 0.15) is 0 Å². The molecule has 0 bridgehead atoms. The molecule has 0 aliphatic carbocycles. The largest absolute Gasteiger partial charge is 1.00 e. The summed E-state index contributed by atoms with van der Waals surface area (Å²) in [6.07, 6.45) is 0. The van der Waals surface area contributed by atoms with Gasteiger partial charge in [0.15, 0.2) is 0 Å². The molecule has 0 amide bonds. The van der Waals surface area contributed by atoms with E-state index in [1.165, 1.54) is 0 Å². The molecular formula is H2F6NO2Sb-6. The van der Waals surface area contributed by atoms with Crippen LogP contribution in [0, 0.1) is 10.1 Å². The minimum Gasteiger partial charge on any atom is -1.00 e. The van der Waals surface area contributed by atoms with E-state index in [4.69, 9.17) is 10.1 Å². The predicted molar refractivity (Wildman–Crippen MR) is 15.5 cm³/mol. The molecule has 0 rings (SSSR count). The van der Waals surface area contributed by atoms with Gasteiger partial charge in [-0.05, 0) is 0 Å². The first kappa shape index (κ1) is 96.9. The summed E-state index contributed by atoms with van der Waals surface area (Å²) in [7, 11) is 0. The van der Waals surface area contributed by atoms with Crippen LogP contribution < -0.4 is 28.2 Å². The average Bonchev–Trinajstić information content (AvgIpc) is 0.811. The zero-order valence-corrected chi connectivity index (χ0v) is 7.40. The molecule has 0 unspecified atom stereocenters. The maximum Gasteiger partial charge on any atom is -1.00 e. The van der Waals surface area contributed by atoms with Gasteiger partial charge in [0, 0.05) is 0 Å². The third kappa shape index (κ3) is 8850. The maximum atomic E-state index is 8.86. The minimum atomic E-state index is -0.370. The van der Waals surface area contributed by atoms with Crippen molar-refractivity contribution in [1.82, 2.24) is 0 Å². The number of nitrogens with zero attached hydrogens (tertiary/aromatic N) is 1. The fourth-order valence-electron chi connectivity index (χ4n) is 0. The van der Waals surface area contributed by atoms with Crippen LogP contribution in [0.1, 0.15) is 0 Å². The van der Waals surface area contributed by atoms with Crippen molar-refractivity contribution < 1.29 is 31.3 Å². The Kier molecular flexibility index (Phi) is 662. The molecule has 10 heteroatoms. The second-order valence-electron chi connectivity index (χ2n) is 0.285. The van der Waals surface area contributed by atoms with Crippen molar-refractivity contribution >= 4 is 23.3 Å². The van der Waals surface area contributed by atoms with Gasteiger partial charge in [-0.25, -0.2) is 0 Å². The van der Waals surface area contributed by atoms with Gasteiger partial charge < -0.3 is 28.2 Å².